The molecule has 34 heavy (non-hydrogen) atoms. The van der Waals surface area contributed by atoms with Crippen molar-refractivity contribution in [2.24, 2.45) is 5.73 Å². The zero-order valence-electron chi connectivity index (χ0n) is 19.5. The van der Waals surface area contributed by atoms with Gasteiger partial charge in [0.2, 0.25) is 5.91 Å². The molecule has 4 N–H and O–H groups in total. The van der Waals surface area contributed by atoms with Gasteiger partial charge in [-0.3, -0.25) is 19.7 Å². The molecule has 1 aromatic heterocycles. The van der Waals surface area contributed by atoms with Gasteiger partial charge in [-0.25, -0.2) is 14.6 Å². The van der Waals surface area contributed by atoms with Gasteiger partial charge in [0.15, 0.2) is 0 Å². The van der Waals surface area contributed by atoms with Crippen LogP contribution >= 0.6 is 0 Å². The zero-order chi connectivity index (χ0) is 24.5. The molecule has 1 aliphatic heterocycles. The Balaban J connectivity index is 1.47. The van der Waals surface area contributed by atoms with Crippen LogP contribution in [0.25, 0.3) is 0 Å². The second-order valence-corrected chi connectivity index (χ2v) is 7.89. The Labute approximate surface area is 198 Å². The highest BCUT2D eigenvalue weighted by atomic mass is 19.1. The molecule has 1 fully saturated rings. The van der Waals surface area contributed by atoms with Crippen LogP contribution in [0.3, 0.4) is 0 Å². The van der Waals surface area contributed by atoms with Crippen molar-refractivity contribution in [3.8, 4) is 0 Å². The third-order valence-corrected chi connectivity index (χ3v) is 5.56. The van der Waals surface area contributed by atoms with E-state index in [1.807, 2.05) is 24.0 Å². The average molecular weight is 474 g/mol. The number of cyclic esters (lactones) is 1. The fourth-order valence-corrected chi connectivity index (χ4v) is 3.60. The van der Waals surface area contributed by atoms with E-state index in [-0.39, 0.29) is 25.1 Å². The number of hydrogen-bond acceptors (Lipinski definition) is 8. The minimum Gasteiger partial charge on any atom is -0.443 e. The highest BCUT2D eigenvalue weighted by molar-refractivity contribution is 5.90. The number of nitrogens with one attached hydrogen (secondary N) is 2. The predicted octanol–water partition coefficient (Wildman–Crippen LogP) is 1.08. The van der Waals surface area contributed by atoms with E-state index in [4.69, 9.17) is 10.5 Å². The molecule has 0 aliphatic carbocycles. The van der Waals surface area contributed by atoms with Crippen molar-refractivity contribution < 1.29 is 18.7 Å². The molecule has 1 atom stereocenters. The van der Waals surface area contributed by atoms with Crippen LogP contribution in [0.15, 0.2) is 42.7 Å². The molecule has 10 nitrogen and oxygen atoms in total. The number of hydrogen-bond donors (Lipinski definition) is 3. The van der Waals surface area contributed by atoms with Crippen molar-refractivity contribution >= 4 is 23.4 Å². The Morgan fingerprint density at radius 3 is 2.74 bits per heavy atom. The smallest absolute Gasteiger partial charge is 0.414 e. The van der Waals surface area contributed by atoms with Gasteiger partial charge < -0.3 is 20.7 Å². The number of anilines is 2. The summed E-state index contributed by atoms with van der Waals surface area (Å²) in [6.45, 7) is 4.70. The number of nitrogens with zero attached hydrogens (tertiary/aromatic N) is 4. The van der Waals surface area contributed by atoms with Crippen LogP contribution in [0.4, 0.5) is 20.6 Å². The number of pyridine rings is 1. The first-order chi connectivity index (χ1) is 16.4. The van der Waals surface area contributed by atoms with Gasteiger partial charge in [0.05, 0.1) is 24.5 Å². The maximum absolute atomic E-state index is 14.9. The molecular formula is C23H32FN7O3. The predicted molar refractivity (Wildman–Crippen MR) is 128 cm³/mol. The van der Waals surface area contributed by atoms with E-state index in [0.717, 1.165) is 5.56 Å². The lowest BCUT2D eigenvalue weighted by Crippen LogP contribution is -2.46. The first-order valence-corrected chi connectivity index (χ1v) is 11.2. The van der Waals surface area contributed by atoms with E-state index in [0.29, 0.717) is 44.1 Å². The molecular weight excluding hydrogens is 441 g/mol. The molecule has 1 aliphatic rings. The maximum Gasteiger partial charge on any atom is 0.414 e. The van der Waals surface area contributed by atoms with Gasteiger partial charge in [-0.2, -0.15) is 0 Å². The summed E-state index contributed by atoms with van der Waals surface area (Å²) in [7, 11) is 1.66. The van der Waals surface area contributed by atoms with Crippen LogP contribution in [-0.4, -0.2) is 74.4 Å². The molecule has 2 amide bonds. The topological polar surface area (TPSA) is 116 Å². The van der Waals surface area contributed by atoms with E-state index in [9.17, 15) is 14.0 Å². The summed E-state index contributed by atoms with van der Waals surface area (Å²) < 4.78 is 20.0. The van der Waals surface area contributed by atoms with Gasteiger partial charge in [0.1, 0.15) is 11.9 Å². The summed E-state index contributed by atoms with van der Waals surface area (Å²) >= 11 is 0. The lowest BCUT2D eigenvalue weighted by Gasteiger charge is -2.26. The maximum atomic E-state index is 14.9. The third kappa shape index (κ3) is 6.62. The van der Waals surface area contributed by atoms with E-state index in [1.54, 1.807) is 31.6 Å². The van der Waals surface area contributed by atoms with Gasteiger partial charge in [-0.15, -0.1) is 0 Å². The number of rotatable bonds is 12. The van der Waals surface area contributed by atoms with Crippen molar-refractivity contribution in [1.82, 2.24) is 20.7 Å². The Hall–Kier alpha value is -3.28. The van der Waals surface area contributed by atoms with Gasteiger partial charge in [0, 0.05) is 52.2 Å². The number of carbonyl (C=O) groups excluding carboxylic acids is 2. The van der Waals surface area contributed by atoms with E-state index in [2.05, 4.69) is 15.7 Å². The molecule has 2 aromatic rings. The second-order valence-electron chi connectivity index (χ2n) is 7.89. The van der Waals surface area contributed by atoms with E-state index < -0.39 is 11.9 Å². The molecule has 0 spiro atoms. The number of hydrazine groups is 1. The van der Waals surface area contributed by atoms with Crippen LogP contribution in [-0.2, 0) is 16.1 Å². The van der Waals surface area contributed by atoms with Crippen LogP contribution in [0.2, 0.25) is 0 Å². The normalized spacial score (nSPS) is 15.4. The number of carbonyl (C=O) groups is 2. The molecule has 0 saturated carbocycles. The average Bonchev–Trinajstić information content (AvgIpc) is 3.23. The van der Waals surface area contributed by atoms with Crippen molar-refractivity contribution in [3.05, 3.63) is 54.1 Å². The largest absolute Gasteiger partial charge is 0.443 e. The minimum absolute atomic E-state index is 0.110. The summed E-state index contributed by atoms with van der Waals surface area (Å²) in [5.74, 6) is -0.547. The minimum atomic E-state index is -0.526. The molecule has 0 unspecified atom stereocenters. The number of ether oxygens (including phenoxy) is 1. The third-order valence-electron chi connectivity index (χ3n) is 5.56. The molecule has 184 valence electrons. The fraction of sp³-hybridized carbons (Fsp3) is 0.435. The zero-order valence-corrected chi connectivity index (χ0v) is 19.5. The fourth-order valence-electron chi connectivity index (χ4n) is 3.60. The quantitative estimate of drug-likeness (QED) is 0.392. The van der Waals surface area contributed by atoms with Crippen LogP contribution < -0.4 is 26.3 Å². The lowest BCUT2D eigenvalue weighted by atomic mass is 10.2. The van der Waals surface area contributed by atoms with E-state index >= 15 is 0 Å². The Bertz CT molecular complexity index is 963. The standard InChI is InChI=1S/C23H32FN7O3/c1-3-30(11-10-28-29(2)22(32)15-27-14-17-6-8-26-9-7-17)21-5-4-18(12-20(21)24)31-16-19(13-25)34-23(31)33/h4-9,12,19,27-28H,3,10-11,13-16,25H2,1-2H3/t19-/m0/s1. The monoisotopic (exact) mass is 473 g/mol. The SMILES string of the molecule is CCN(CCNN(C)C(=O)CNCc1ccncc1)c1ccc(N2C[C@H](CN)OC2=O)cc1F. The molecule has 11 heteroatoms. The van der Waals surface area contributed by atoms with Gasteiger partial charge in [0.25, 0.3) is 0 Å². The van der Waals surface area contributed by atoms with Crippen LogP contribution in [0, 0.1) is 5.82 Å². The molecule has 1 aromatic carbocycles. The summed E-state index contributed by atoms with van der Waals surface area (Å²) in [6.07, 6.45) is 2.50. The first-order valence-electron chi connectivity index (χ1n) is 11.2. The lowest BCUT2D eigenvalue weighted by molar-refractivity contribution is -0.131. The highest BCUT2D eigenvalue weighted by Gasteiger charge is 2.31. The van der Waals surface area contributed by atoms with Gasteiger partial charge >= 0.3 is 6.09 Å². The van der Waals surface area contributed by atoms with E-state index in [1.165, 1.54) is 16.0 Å². The molecule has 1 saturated heterocycles. The first kappa shape index (κ1) is 25.3. The number of nitrogens with two attached hydrogens (primary N) is 1. The Morgan fingerprint density at radius 1 is 1.32 bits per heavy atom. The van der Waals surface area contributed by atoms with Crippen molar-refractivity contribution in [3.63, 3.8) is 0 Å². The number of halogens is 1. The summed E-state index contributed by atoms with van der Waals surface area (Å²) in [6, 6.07) is 8.44. The second kappa shape index (κ2) is 12.3. The molecule has 0 bridgehead atoms. The molecule has 2 heterocycles. The van der Waals surface area contributed by atoms with Gasteiger partial charge in [-0.1, -0.05) is 0 Å². The summed E-state index contributed by atoms with van der Waals surface area (Å²) in [4.78, 5) is 31.5. The molecule has 0 radical (unpaired) electrons. The number of amides is 2. The number of benzene rings is 1. The van der Waals surface area contributed by atoms with Crippen molar-refractivity contribution in [2.75, 3.05) is 56.1 Å². The van der Waals surface area contributed by atoms with Gasteiger partial charge in [-0.05, 0) is 42.8 Å². The highest BCUT2D eigenvalue weighted by Crippen LogP contribution is 2.27. The number of aromatic nitrogens is 1. The summed E-state index contributed by atoms with van der Waals surface area (Å²) in [5, 5.41) is 4.53. The van der Waals surface area contributed by atoms with Crippen LogP contribution in [0.1, 0.15) is 12.5 Å². The number of likely N-dealkylation sites (N-methyl/N-ethyl adjacent to an activating group) is 2. The van der Waals surface area contributed by atoms with Crippen molar-refractivity contribution in [1.29, 1.82) is 0 Å². The summed E-state index contributed by atoms with van der Waals surface area (Å²) in [5.41, 5.74) is 10.5. The van der Waals surface area contributed by atoms with Crippen molar-refractivity contribution in [2.45, 2.75) is 19.6 Å². The van der Waals surface area contributed by atoms with Crippen LogP contribution in [0.5, 0.6) is 0 Å². The Kier molecular flexibility index (Phi) is 9.14. The Morgan fingerprint density at radius 2 is 2.09 bits per heavy atom. The molecule has 3 rings (SSSR count).